The van der Waals surface area contributed by atoms with Gasteiger partial charge < -0.3 is 9.73 Å². The van der Waals surface area contributed by atoms with Gasteiger partial charge in [-0.05, 0) is 31.3 Å². The number of sulfonamides is 1. The summed E-state index contributed by atoms with van der Waals surface area (Å²) in [7, 11) is -2.37. The van der Waals surface area contributed by atoms with E-state index in [0.717, 1.165) is 18.2 Å². The van der Waals surface area contributed by atoms with Crippen LogP contribution in [0.2, 0.25) is 0 Å². The fourth-order valence-electron chi connectivity index (χ4n) is 1.54. The number of halogens is 2. The van der Waals surface area contributed by atoms with Crippen molar-refractivity contribution >= 4 is 15.7 Å². The summed E-state index contributed by atoms with van der Waals surface area (Å²) >= 11 is 0. The minimum absolute atomic E-state index is 0.0993. The van der Waals surface area contributed by atoms with Crippen molar-refractivity contribution < 1.29 is 21.6 Å². The van der Waals surface area contributed by atoms with Crippen molar-refractivity contribution in [2.45, 2.75) is 11.6 Å². The summed E-state index contributed by atoms with van der Waals surface area (Å²) in [6.07, 6.45) is 0. The Balaban J connectivity index is 2.08. The van der Waals surface area contributed by atoms with E-state index in [4.69, 9.17) is 4.42 Å². The molecule has 1 aromatic carbocycles. The van der Waals surface area contributed by atoms with Crippen molar-refractivity contribution in [3.05, 3.63) is 47.7 Å². The van der Waals surface area contributed by atoms with Crippen LogP contribution in [-0.4, -0.2) is 15.5 Å². The molecule has 1 heterocycles. The molecular weight excluding hydrogens is 290 g/mol. The number of anilines is 1. The maximum atomic E-state index is 13.0. The van der Waals surface area contributed by atoms with E-state index in [-0.39, 0.29) is 17.3 Å². The molecule has 2 N–H and O–H groups in total. The summed E-state index contributed by atoms with van der Waals surface area (Å²) in [5.74, 6) is -1.08. The summed E-state index contributed by atoms with van der Waals surface area (Å²) in [6.45, 7) is 0.0993. The molecule has 0 amide bonds. The highest BCUT2D eigenvalue weighted by Crippen LogP contribution is 2.17. The number of rotatable bonds is 5. The van der Waals surface area contributed by atoms with Gasteiger partial charge in [0.15, 0.2) is 0 Å². The second-order valence-electron chi connectivity index (χ2n) is 3.94. The minimum Gasteiger partial charge on any atom is -0.446 e. The van der Waals surface area contributed by atoms with Crippen LogP contribution in [0.3, 0.4) is 0 Å². The molecule has 8 heteroatoms. The third-order valence-electron chi connectivity index (χ3n) is 2.50. The van der Waals surface area contributed by atoms with Crippen LogP contribution in [0.4, 0.5) is 14.5 Å². The molecule has 0 saturated heterocycles. The second kappa shape index (κ2) is 5.59. The largest absolute Gasteiger partial charge is 0.446 e. The zero-order valence-corrected chi connectivity index (χ0v) is 11.3. The molecule has 0 aliphatic rings. The van der Waals surface area contributed by atoms with Crippen LogP contribution in [0.15, 0.2) is 39.8 Å². The van der Waals surface area contributed by atoms with Crippen LogP contribution in [0.1, 0.15) is 5.76 Å². The number of hydrogen-bond donors (Lipinski definition) is 2. The Hall–Kier alpha value is -1.93. The van der Waals surface area contributed by atoms with Crippen molar-refractivity contribution in [1.29, 1.82) is 0 Å². The fraction of sp³-hybridized carbons (Fsp3) is 0.167. The van der Waals surface area contributed by atoms with Gasteiger partial charge in [0.05, 0.1) is 6.54 Å². The Labute approximate surface area is 114 Å². The predicted molar refractivity (Wildman–Crippen MR) is 68.6 cm³/mol. The van der Waals surface area contributed by atoms with Crippen LogP contribution < -0.4 is 10.0 Å². The first-order valence-corrected chi connectivity index (χ1v) is 7.11. The first kappa shape index (κ1) is 14.5. The molecule has 0 bridgehead atoms. The van der Waals surface area contributed by atoms with Gasteiger partial charge in [0.1, 0.15) is 17.4 Å². The standard InChI is InChI=1S/C12H12F2N2O3S/c1-15-20(17,18)12-3-2-11(19-12)7-16-10-5-8(13)4-9(14)6-10/h2-6,15-16H,7H2,1H3. The lowest BCUT2D eigenvalue weighted by molar-refractivity contribution is 0.417. The molecule has 0 aliphatic carbocycles. The van der Waals surface area contributed by atoms with Gasteiger partial charge in [-0.25, -0.2) is 21.9 Å². The van der Waals surface area contributed by atoms with E-state index in [0.29, 0.717) is 5.76 Å². The van der Waals surface area contributed by atoms with E-state index >= 15 is 0 Å². The van der Waals surface area contributed by atoms with Crippen LogP contribution >= 0.6 is 0 Å². The molecule has 1 aromatic heterocycles. The highest BCUT2D eigenvalue weighted by molar-refractivity contribution is 7.89. The van der Waals surface area contributed by atoms with Gasteiger partial charge in [0, 0.05) is 11.8 Å². The smallest absolute Gasteiger partial charge is 0.273 e. The SMILES string of the molecule is CNS(=O)(=O)c1ccc(CNc2cc(F)cc(F)c2)o1. The van der Waals surface area contributed by atoms with Crippen molar-refractivity contribution in [3.8, 4) is 0 Å². The molecule has 2 aromatic rings. The maximum absolute atomic E-state index is 13.0. The molecule has 5 nitrogen and oxygen atoms in total. The Kier molecular flexibility index (Phi) is 4.05. The summed E-state index contributed by atoms with van der Waals surface area (Å²) in [5.41, 5.74) is 0.233. The quantitative estimate of drug-likeness (QED) is 0.887. The first-order valence-electron chi connectivity index (χ1n) is 5.63. The topological polar surface area (TPSA) is 71.3 Å². The van der Waals surface area contributed by atoms with E-state index in [1.54, 1.807) is 0 Å². The summed E-state index contributed by atoms with van der Waals surface area (Å²) in [4.78, 5) is 0. The van der Waals surface area contributed by atoms with Crippen LogP contribution in [0.5, 0.6) is 0 Å². The van der Waals surface area contributed by atoms with E-state index in [9.17, 15) is 17.2 Å². The highest BCUT2D eigenvalue weighted by Gasteiger charge is 2.16. The molecule has 2 rings (SSSR count). The summed E-state index contributed by atoms with van der Waals surface area (Å²) < 4.78 is 56.1. The molecule has 108 valence electrons. The Morgan fingerprint density at radius 1 is 1.15 bits per heavy atom. The Morgan fingerprint density at radius 3 is 2.40 bits per heavy atom. The zero-order valence-electron chi connectivity index (χ0n) is 10.5. The molecule has 0 radical (unpaired) electrons. The van der Waals surface area contributed by atoms with Crippen LogP contribution in [0, 0.1) is 11.6 Å². The van der Waals surface area contributed by atoms with E-state index in [1.807, 2.05) is 0 Å². The maximum Gasteiger partial charge on any atom is 0.273 e. The van der Waals surface area contributed by atoms with Crippen molar-refractivity contribution in [1.82, 2.24) is 4.72 Å². The molecule has 0 spiro atoms. The third-order valence-corrected chi connectivity index (χ3v) is 3.79. The number of hydrogen-bond acceptors (Lipinski definition) is 4. The molecule has 0 saturated carbocycles. The van der Waals surface area contributed by atoms with Crippen molar-refractivity contribution in [2.75, 3.05) is 12.4 Å². The average molecular weight is 302 g/mol. The molecule has 0 fully saturated rings. The zero-order chi connectivity index (χ0) is 14.8. The fourth-order valence-corrected chi connectivity index (χ4v) is 2.21. The third kappa shape index (κ3) is 3.34. The van der Waals surface area contributed by atoms with E-state index in [1.165, 1.54) is 19.2 Å². The Bertz CT molecular complexity index is 693. The van der Waals surface area contributed by atoms with E-state index < -0.39 is 21.7 Å². The van der Waals surface area contributed by atoms with Gasteiger partial charge in [0.2, 0.25) is 5.09 Å². The number of nitrogens with one attached hydrogen (secondary N) is 2. The predicted octanol–water partition coefficient (Wildman–Crippen LogP) is 2.08. The summed E-state index contributed by atoms with van der Waals surface area (Å²) in [6, 6.07) is 5.77. The second-order valence-corrected chi connectivity index (χ2v) is 5.76. The molecular formula is C12H12F2N2O3S. The Morgan fingerprint density at radius 2 is 1.80 bits per heavy atom. The molecule has 20 heavy (non-hydrogen) atoms. The van der Waals surface area contributed by atoms with Gasteiger partial charge >= 0.3 is 0 Å². The average Bonchev–Trinajstić information content (AvgIpc) is 2.85. The van der Waals surface area contributed by atoms with Gasteiger partial charge in [0.25, 0.3) is 10.0 Å². The molecule has 0 unspecified atom stereocenters. The molecule has 0 aliphatic heterocycles. The van der Waals surface area contributed by atoms with Gasteiger partial charge in [-0.3, -0.25) is 0 Å². The monoisotopic (exact) mass is 302 g/mol. The lowest BCUT2D eigenvalue weighted by Gasteiger charge is -2.04. The van der Waals surface area contributed by atoms with Gasteiger partial charge in [-0.2, -0.15) is 0 Å². The first-order chi connectivity index (χ1) is 9.40. The lowest BCUT2D eigenvalue weighted by atomic mass is 10.3. The lowest BCUT2D eigenvalue weighted by Crippen LogP contribution is -2.17. The normalized spacial score (nSPS) is 11.6. The van der Waals surface area contributed by atoms with Crippen LogP contribution in [0.25, 0.3) is 0 Å². The highest BCUT2D eigenvalue weighted by atomic mass is 32.2. The minimum atomic E-state index is -3.64. The van der Waals surface area contributed by atoms with Crippen LogP contribution in [-0.2, 0) is 16.6 Å². The number of furan rings is 1. The van der Waals surface area contributed by atoms with Gasteiger partial charge in [-0.1, -0.05) is 0 Å². The number of benzene rings is 1. The van der Waals surface area contributed by atoms with E-state index in [2.05, 4.69) is 10.0 Å². The van der Waals surface area contributed by atoms with Gasteiger partial charge in [-0.15, -0.1) is 0 Å². The van der Waals surface area contributed by atoms with Crippen molar-refractivity contribution in [3.63, 3.8) is 0 Å². The van der Waals surface area contributed by atoms with Crippen molar-refractivity contribution in [2.24, 2.45) is 0 Å². The summed E-state index contributed by atoms with van der Waals surface area (Å²) in [5, 5.41) is 2.52. The molecule has 0 atom stereocenters.